The summed E-state index contributed by atoms with van der Waals surface area (Å²) in [5, 5.41) is 0. The van der Waals surface area contributed by atoms with E-state index in [4.69, 9.17) is 33.4 Å². The van der Waals surface area contributed by atoms with Gasteiger partial charge in [-0.3, -0.25) is 0 Å². The molecule has 2 atom stereocenters. The zero-order valence-electron chi connectivity index (χ0n) is 23.2. The third-order valence-electron chi connectivity index (χ3n) is 8.51. The van der Waals surface area contributed by atoms with E-state index >= 15 is 0 Å². The van der Waals surface area contributed by atoms with E-state index in [-0.39, 0.29) is 5.54 Å². The lowest BCUT2D eigenvalue weighted by molar-refractivity contribution is -0.989. The van der Waals surface area contributed by atoms with Crippen LogP contribution in [0.3, 0.4) is 0 Å². The van der Waals surface area contributed by atoms with Gasteiger partial charge in [-0.1, -0.05) is 44.9 Å². The molecule has 0 aromatic rings. The van der Waals surface area contributed by atoms with Gasteiger partial charge in [0, 0.05) is 25.7 Å². The summed E-state index contributed by atoms with van der Waals surface area (Å²) in [6.07, 6.45) is 20.8. The molecule has 0 aromatic carbocycles. The molecule has 2 unspecified atom stereocenters. The van der Waals surface area contributed by atoms with E-state index in [1.54, 1.807) is 0 Å². The molecule has 7 nitrogen and oxygen atoms in total. The van der Waals surface area contributed by atoms with Crippen LogP contribution in [-0.2, 0) is 4.74 Å². The molecule has 210 valence electrons. The highest BCUT2D eigenvalue weighted by Gasteiger charge is 2.56. The standard InChI is InChI=1S/C28H63N6O/c29-18-10-5-2-1-3-7-15-27-28(17-9-12-20-31,16-8-4-6-11-19-30)34(23-13-21-32,24-14-22-33)25-26-35-27/h27H,1-26,29-33H2/q+1. The van der Waals surface area contributed by atoms with Crippen molar-refractivity contribution >= 4 is 0 Å². The van der Waals surface area contributed by atoms with E-state index in [9.17, 15) is 0 Å². The molecule has 0 aromatic heterocycles. The van der Waals surface area contributed by atoms with Gasteiger partial charge in [0.2, 0.25) is 0 Å². The summed E-state index contributed by atoms with van der Waals surface area (Å²) >= 11 is 0. The number of rotatable bonds is 24. The second-order valence-electron chi connectivity index (χ2n) is 11.0. The van der Waals surface area contributed by atoms with Crippen molar-refractivity contribution < 1.29 is 9.22 Å². The summed E-state index contributed by atoms with van der Waals surface area (Å²) in [7, 11) is 0. The first-order valence-corrected chi connectivity index (χ1v) is 15.1. The monoisotopic (exact) mass is 500 g/mol. The average molecular weight is 500 g/mol. The number of morpholine rings is 1. The summed E-state index contributed by atoms with van der Waals surface area (Å²) in [5.41, 5.74) is 29.7. The van der Waals surface area contributed by atoms with Gasteiger partial charge in [0.25, 0.3) is 0 Å². The molecular formula is C28H63N6O+. The Morgan fingerprint density at radius 1 is 0.543 bits per heavy atom. The van der Waals surface area contributed by atoms with E-state index in [2.05, 4.69) is 0 Å². The largest absolute Gasteiger partial charge is 0.366 e. The van der Waals surface area contributed by atoms with Gasteiger partial charge in [0.15, 0.2) is 0 Å². The van der Waals surface area contributed by atoms with Crippen molar-refractivity contribution in [1.29, 1.82) is 0 Å². The molecule has 1 fully saturated rings. The van der Waals surface area contributed by atoms with Crippen LogP contribution < -0.4 is 28.7 Å². The van der Waals surface area contributed by atoms with E-state index in [1.807, 2.05) is 0 Å². The second-order valence-corrected chi connectivity index (χ2v) is 11.0. The first kappa shape index (κ1) is 32.7. The highest BCUT2D eigenvalue weighted by Crippen LogP contribution is 2.44. The lowest BCUT2D eigenvalue weighted by Crippen LogP contribution is -2.74. The van der Waals surface area contributed by atoms with E-state index in [0.29, 0.717) is 6.10 Å². The second kappa shape index (κ2) is 20.7. The van der Waals surface area contributed by atoms with E-state index in [0.717, 1.165) is 95.6 Å². The first-order valence-electron chi connectivity index (χ1n) is 15.1. The van der Waals surface area contributed by atoms with Crippen LogP contribution in [0.25, 0.3) is 0 Å². The van der Waals surface area contributed by atoms with Gasteiger partial charge in [0.1, 0.15) is 18.2 Å². The van der Waals surface area contributed by atoms with Crippen LogP contribution in [0.4, 0.5) is 0 Å². The highest BCUT2D eigenvalue weighted by atomic mass is 16.5. The minimum atomic E-state index is 0.153. The van der Waals surface area contributed by atoms with Crippen LogP contribution in [0.2, 0.25) is 0 Å². The Hall–Kier alpha value is -0.280. The van der Waals surface area contributed by atoms with Crippen molar-refractivity contribution in [1.82, 2.24) is 0 Å². The van der Waals surface area contributed by atoms with Crippen LogP contribution >= 0.6 is 0 Å². The number of hydrogen-bond donors (Lipinski definition) is 5. The fourth-order valence-electron chi connectivity index (χ4n) is 6.58. The zero-order chi connectivity index (χ0) is 25.7. The highest BCUT2D eigenvalue weighted by molar-refractivity contribution is 4.94. The molecule has 0 amide bonds. The van der Waals surface area contributed by atoms with Gasteiger partial charge >= 0.3 is 0 Å². The third kappa shape index (κ3) is 11.3. The van der Waals surface area contributed by atoms with Crippen LogP contribution in [0.15, 0.2) is 0 Å². The third-order valence-corrected chi connectivity index (χ3v) is 8.51. The maximum Gasteiger partial charge on any atom is 0.126 e. The summed E-state index contributed by atoms with van der Waals surface area (Å²) < 4.78 is 7.87. The van der Waals surface area contributed by atoms with Crippen molar-refractivity contribution in [2.45, 2.75) is 121 Å². The predicted molar refractivity (Wildman–Crippen MR) is 151 cm³/mol. The van der Waals surface area contributed by atoms with Gasteiger partial charge in [-0.05, 0) is 71.2 Å². The van der Waals surface area contributed by atoms with Crippen molar-refractivity contribution in [2.75, 3.05) is 59.0 Å². The summed E-state index contributed by atoms with van der Waals surface area (Å²) in [6, 6.07) is 0. The first-order chi connectivity index (χ1) is 17.2. The quantitative estimate of drug-likeness (QED) is 0.102. The summed E-state index contributed by atoms with van der Waals surface area (Å²) in [6.45, 7) is 8.17. The lowest BCUT2D eigenvalue weighted by atomic mass is 9.74. The Morgan fingerprint density at radius 3 is 1.51 bits per heavy atom. The van der Waals surface area contributed by atoms with Crippen molar-refractivity contribution in [3.8, 4) is 0 Å². The van der Waals surface area contributed by atoms with Crippen LogP contribution in [0.5, 0.6) is 0 Å². The minimum absolute atomic E-state index is 0.153. The van der Waals surface area contributed by atoms with Gasteiger partial charge in [-0.25, -0.2) is 0 Å². The maximum atomic E-state index is 6.72. The predicted octanol–water partition coefficient (Wildman–Crippen LogP) is 3.37. The molecule has 10 N–H and O–H groups in total. The van der Waals surface area contributed by atoms with Crippen molar-refractivity contribution in [3.05, 3.63) is 0 Å². The molecule has 1 rings (SSSR count). The number of nitrogens with two attached hydrogens (primary N) is 5. The molecule has 0 aliphatic carbocycles. The van der Waals surface area contributed by atoms with Gasteiger partial charge in [0.05, 0.1) is 19.7 Å². The maximum absolute atomic E-state index is 6.72. The average Bonchev–Trinajstić information content (AvgIpc) is 2.87. The lowest BCUT2D eigenvalue weighted by Gasteiger charge is -2.60. The van der Waals surface area contributed by atoms with Crippen LogP contribution in [-0.4, -0.2) is 75.1 Å². The molecule has 0 saturated carbocycles. The number of ether oxygens (including phenoxy) is 1. The van der Waals surface area contributed by atoms with E-state index in [1.165, 1.54) is 77.0 Å². The molecule has 1 saturated heterocycles. The fourth-order valence-corrected chi connectivity index (χ4v) is 6.58. The molecule has 0 bridgehead atoms. The summed E-state index contributed by atoms with van der Waals surface area (Å²) in [5.74, 6) is 0. The number of nitrogens with zero attached hydrogens (tertiary/aromatic N) is 1. The Balaban J connectivity index is 3.11. The fraction of sp³-hybridized carbons (Fsp3) is 1.00. The Morgan fingerprint density at radius 2 is 0.971 bits per heavy atom. The number of quaternary nitrogens is 1. The molecule has 0 spiro atoms. The van der Waals surface area contributed by atoms with E-state index < -0.39 is 0 Å². The normalized spacial score (nSPS) is 22.0. The van der Waals surface area contributed by atoms with Gasteiger partial charge in [-0.2, -0.15) is 0 Å². The Bertz CT molecular complexity index is 472. The smallest absolute Gasteiger partial charge is 0.126 e. The van der Waals surface area contributed by atoms with Crippen molar-refractivity contribution in [2.24, 2.45) is 28.7 Å². The number of unbranched alkanes of at least 4 members (excludes halogenated alkanes) is 9. The molecule has 0 radical (unpaired) electrons. The molecule has 1 aliphatic rings. The SMILES string of the molecule is NCCCCCCCCC1OCC[N+](CCCN)(CCCN)C1(CCCCN)CCCCCCN. The molecule has 7 heteroatoms. The zero-order valence-corrected chi connectivity index (χ0v) is 23.2. The van der Waals surface area contributed by atoms with Crippen molar-refractivity contribution in [3.63, 3.8) is 0 Å². The van der Waals surface area contributed by atoms with Gasteiger partial charge in [-0.15, -0.1) is 0 Å². The molecule has 1 aliphatic heterocycles. The Kier molecular flexibility index (Phi) is 19.4. The molecule has 35 heavy (non-hydrogen) atoms. The topological polar surface area (TPSA) is 139 Å². The Labute approximate surface area is 217 Å². The van der Waals surface area contributed by atoms with Gasteiger partial charge < -0.3 is 37.9 Å². The molecule has 1 heterocycles. The molecular weight excluding hydrogens is 436 g/mol. The minimum Gasteiger partial charge on any atom is -0.366 e. The van der Waals surface area contributed by atoms with Crippen LogP contribution in [0.1, 0.15) is 109 Å². The number of hydrogen-bond acceptors (Lipinski definition) is 6. The summed E-state index contributed by atoms with van der Waals surface area (Å²) in [4.78, 5) is 0. The van der Waals surface area contributed by atoms with Crippen LogP contribution in [0, 0.1) is 0 Å².